The minimum Gasteiger partial charge on any atom is -0.504 e. The van der Waals surface area contributed by atoms with Gasteiger partial charge in [0.05, 0.1) is 16.8 Å². The number of alkyl halides is 3. The molecule has 0 saturated carbocycles. The van der Waals surface area contributed by atoms with Gasteiger partial charge < -0.3 is 15.5 Å². The molecule has 0 bridgehead atoms. The molecule has 0 saturated heterocycles. The van der Waals surface area contributed by atoms with Gasteiger partial charge in [-0.15, -0.1) is 0 Å². The quantitative estimate of drug-likeness (QED) is 0.591. The number of aromatic nitrogens is 2. The van der Waals surface area contributed by atoms with Gasteiger partial charge in [0.2, 0.25) is 0 Å². The third-order valence-electron chi connectivity index (χ3n) is 2.99. The molecule has 5 nitrogen and oxygen atoms in total. The zero-order chi connectivity index (χ0) is 17.2. The second kappa shape index (κ2) is 5.99. The van der Waals surface area contributed by atoms with E-state index < -0.39 is 23.2 Å². The summed E-state index contributed by atoms with van der Waals surface area (Å²) in [6.45, 7) is 6.50. The van der Waals surface area contributed by atoms with Crippen LogP contribution < -0.4 is 5.32 Å². The Morgan fingerprint density at radius 3 is 2.30 bits per heavy atom. The number of allylic oxidation sites excluding steroid dienone is 3. The van der Waals surface area contributed by atoms with E-state index in [1.807, 2.05) is 0 Å². The molecule has 0 amide bonds. The van der Waals surface area contributed by atoms with Crippen LogP contribution in [0.4, 0.5) is 19.0 Å². The molecule has 1 heterocycles. The third kappa shape index (κ3) is 3.25. The molecule has 0 fully saturated rings. The fourth-order valence-electron chi connectivity index (χ4n) is 1.91. The van der Waals surface area contributed by atoms with Crippen LogP contribution in [-0.4, -0.2) is 26.4 Å². The van der Waals surface area contributed by atoms with E-state index in [1.165, 1.54) is 6.07 Å². The Labute approximate surface area is 129 Å². The van der Waals surface area contributed by atoms with E-state index in [0.717, 1.165) is 18.5 Å². The molecule has 0 radical (unpaired) electrons. The van der Waals surface area contributed by atoms with E-state index in [0.29, 0.717) is 6.08 Å². The molecule has 0 unspecified atom stereocenters. The molecular formula is C15H12F3N3O2. The number of halogens is 3. The predicted octanol–water partition coefficient (Wildman–Crippen LogP) is 3.64. The average Bonchev–Trinajstić information content (AvgIpc) is 2.47. The summed E-state index contributed by atoms with van der Waals surface area (Å²) >= 11 is 0. The van der Waals surface area contributed by atoms with E-state index in [4.69, 9.17) is 0 Å². The number of fused-ring (bicyclic) bond motifs is 1. The van der Waals surface area contributed by atoms with E-state index in [1.54, 1.807) is 0 Å². The van der Waals surface area contributed by atoms with Gasteiger partial charge in [-0.2, -0.15) is 13.2 Å². The first kappa shape index (κ1) is 16.3. The number of benzene rings is 1. The first-order valence-electron chi connectivity index (χ1n) is 6.28. The van der Waals surface area contributed by atoms with Gasteiger partial charge in [-0.25, -0.2) is 9.97 Å². The Hall–Kier alpha value is -3.03. The maximum atomic E-state index is 13.0. The van der Waals surface area contributed by atoms with Crippen molar-refractivity contribution in [1.82, 2.24) is 9.97 Å². The summed E-state index contributed by atoms with van der Waals surface area (Å²) in [5, 5.41) is 21.7. The van der Waals surface area contributed by atoms with Crippen LogP contribution in [0.5, 0.6) is 11.5 Å². The zero-order valence-corrected chi connectivity index (χ0v) is 11.7. The number of aromatic hydroxyl groups is 2. The first-order chi connectivity index (χ1) is 10.8. The highest BCUT2D eigenvalue weighted by Crippen LogP contribution is 2.34. The highest BCUT2D eigenvalue weighted by molar-refractivity contribution is 5.92. The van der Waals surface area contributed by atoms with Gasteiger partial charge in [-0.3, -0.25) is 0 Å². The summed E-state index contributed by atoms with van der Waals surface area (Å²) in [5.41, 5.74) is -1.12. The SMILES string of the molecule is C=C/C(Nc1ncnc2cc(O)c(O)cc12)=C(\C=C)C(F)(F)F. The molecular weight excluding hydrogens is 311 g/mol. The molecule has 1 aromatic heterocycles. The number of nitrogens with zero attached hydrogens (tertiary/aromatic N) is 2. The van der Waals surface area contributed by atoms with Crippen molar-refractivity contribution >= 4 is 16.7 Å². The lowest BCUT2D eigenvalue weighted by atomic mass is 10.1. The molecule has 0 aliphatic heterocycles. The third-order valence-corrected chi connectivity index (χ3v) is 2.99. The maximum Gasteiger partial charge on any atom is 0.418 e. The lowest BCUT2D eigenvalue weighted by molar-refractivity contribution is -0.0886. The fraction of sp³-hybridized carbons (Fsp3) is 0.0667. The van der Waals surface area contributed by atoms with Crippen LogP contribution in [0.1, 0.15) is 0 Å². The van der Waals surface area contributed by atoms with Crippen LogP contribution >= 0.6 is 0 Å². The Morgan fingerprint density at radius 1 is 1.09 bits per heavy atom. The summed E-state index contributed by atoms with van der Waals surface area (Å²) in [7, 11) is 0. The van der Waals surface area contributed by atoms with Gasteiger partial charge in [0, 0.05) is 11.5 Å². The first-order valence-corrected chi connectivity index (χ1v) is 6.28. The van der Waals surface area contributed by atoms with E-state index in [-0.39, 0.29) is 22.4 Å². The summed E-state index contributed by atoms with van der Waals surface area (Å²) in [5.74, 6) is -0.827. The van der Waals surface area contributed by atoms with Crippen molar-refractivity contribution in [2.45, 2.75) is 6.18 Å². The smallest absolute Gasteiger partial charge is 0.418 e. The minimum atomic E-state index is -4.62. The van der Waals surface area contributed by atoms with Crippen LogP contribution in [0.25, 0.3) is 10.9 Å². The zero-order valence-electron chi connectivity index (χ0n) is 11.7. The Balaban J connectivity index is 2.61. The van der Waals surface area contributed by atoms with Crippen LogP contribution in [-0.2, 0) is 0 Å². The van der Waals surface area contributed by atoms with Crippen molar-refractivity contribution in [2.24, 2.45) is 0 Å². The molecule has 0 atom stereocenters. The molecule has 0 aliphatic carbocycles. The molecule has 3 N–H and O–H groups in total. The second-order valence-corrected chi connectivity index (χ2v) is 4.44. The lowest BCUT2D eigenvalue weighted by Gasteiger charge is -2.15. The Kier molecular flexibility index (Phi) is 4.26. The van der Waals surface area contributed by atoms with Crippen molar-refractivity contribution in [2.75, 3.05) is 5.32 Å². The van der Waals surface area contributed by atoms with Gasteiger partial charge in [0.25, 0.3) is 0 Å². The molecule has 120 valence electrons. The highest BCUT2D eigenvalue weighted by Gasteiger charge is 2.34. The second-order valence-electron chi connectivity index (χ2n) is 4.44. The van der Waals surface area contributed by atoms with Gasteiger partial charge >= 0.3 is 6.18 Å². The number of nitrogens with one attached hydrogen (secondary N) is 1. The summed E-state index contributed by atoms with van der Waals surface area (Å²) in [6, 6.07) is 2.32. The van der Waals surface area contributed by atoms with Crippen LogP contribution in [0.2, 0.25) is 0 Å². The highest BCUT2D eigenvalue weighted by atomic mass is 19.4. The normalized spacial score (nSPS) is 12.7. The summed E-state index contributed by atoms with van der Waals surface area (Å²) in [4.78, 5) is 7.75. The molecule has 0 aliphatic rings. The lowest BCUT2D eigenvalue weighted by Crippen LogP contribution is -2.15. The molecule has 23 heavy (non-hydrogen) atoms. The molecule has 2 aromatic rings. The van der Waals surface area contributed by atoms with Crippen molar-refractivity contribution in [1.29, 1.82) is 0 Å². The van der Waals surface area contributed by atoms with E-state index >= 15 is 0 Å². The predicted molar refractivity (Wildman–Crippen MR) is 80.0 cm³/mol. The van der Waals surface area contributed by atoms with E-state index in [9.17, 15) is 23.4 Å². The van der Waals surface area contributed by atoms with Crippen molar-refractivity contribution in [3.63, 3.8) is 0 Å². The van der Waals surface area contributed by atoms with Gasteiger partial charge in [-0.05, 0) is 12.1 Å². The van der Waals surface area contributed by atoms with Gasteiger partial charge in [-0.1, -0.05) is 19.2 Å². The number of phenolic OH excluding ortho intramolecular Hbond substituents is 2. The standard InChI is InChI=1S/C15H12F3N3O2/c1-3-9(15(16,17)18)10(4-2)21-14-8-5-12(22)13(23)6-11(8)19-7-20-14/h3-7,22-23H,1-2H2,(H,19,20,21)/b10-9-. The minimum absolute atomic E-state index is 0.0174. The number of hydrogen-bond donors (Lipinski definition) is 3. The van der Waals surface area contributed by atoms with Gasteiger partial charge in [0.1, 0.15) is 12.1 Å². The number of anilines is 1. The number of phenols is 2. The molecule has 1 aromatic carbocycles. The van der Waals surface area contributed by atoms with Crippen molar-refractivity contribution in [3.8, 4) is 11.5 Å². The fourth-order valence-corrected chi connectivity index (χ4v) is 1.91. The number of rotatable bonds is 4. The molecule has 8 heteroatoms. The van der Waals surface area contributed by atoms with Crippen LogP contribution in [0.3, 0.4) is 0 Å². The van der Waals surface area contributed by atoms with Crippen molar-refractivity contribution in [3.05, 3.63) is 55.0 Å². The van der Waals surface area contributed by atoms with Crippen molar-refractivity contribution < 1.29 is 23.4 Å². The Bertz CT molecular complexity index is 813. The van der Waals surface area contributed by atoms with E-state index in [2.05, 4.69) is 28.4 Å². The van der Waals surface area contributed by atoms with Crippen LogP contribution in [0, 0.1) is 0 Å². The Morgan fingerprint density at radius 2 is 1.74 bits per heavy atom. The largest absolute Gasteiger partial charge is 0.504 e. The molecule has 0 spiro atoms. The summed E-state index contributed by atoms with van der Waals surface area (Å²) in [6.07, 6.45) is -1.86. The number of hydrogen-bond acceptors (Lipinski definition) is 5. The average molecular weight is 323 g/mol. The van der Waals surface area contributed by atoms with Crippen LogP contribution in [0.15, 0.2) is 55.0 Å². The molecule has 2 rings (SSSR count). The monoisotopic (exact) mass is 323 g/mol. The topological polar surface area (TPSA) is 78.3 Å². The summed E-state index contributed by atoms with van der Waals surface area (Å²) < 4.78 is 38.9. The van der Waals surface area contributed by atoms with Gasteiger partial charge in [0.15, 0.2) is 11.5 Å². The maximum absolute atomic E-state index is 13.0.